The fourth-order valence-electron chi connectivity index (χ4n) is 4.89. The van der Waals surface area contributed by atoms with Gasteiger partial charge in [-0.1, -0.05) is 12.1 Å². The van der Waals surface area contributed by atoms with Crippen LogP contribution in [0.3, 0.4) is 0 Å². The number of aliphatic hydroxyl groups excluding tert-OH is 8. The second-order valence-electron chi connectivity index (χ2n) is 10.1. The zero-order chi connectivity index (χ0) is 30.3. The summed E-state index contributed by atoms with van der Waals surface area (Å²) in [5.74, 6) is -0.726. The molecule has 2 saturated heterocycles. The molecule has 2 aromatic carbocycles. The topological polar surface area (TPSA) is 248 Å². The van der Waals surface area contributed by atoms with Crippen LogP contribution in [0.1, 0.15) is 17.2 Å². The molecule has 42 heavy (non-hydrogen) atoms. The highest BCUT2D eigenvalue weighted by atomic mass is 16.7. The summed E-state index contributed by atoms with van der Waals surface area (Å²) >= 11 is 0. The van der Waals surface area contributed by atoms with Gasteiger partial charge in [0.05, 0.1) is 13.2 Å². The maximum Gasteiger partial charge on any atom is 0.229 e. The molecule has 10 N–H and O–H groups in total. The van der Waals surface area contributed by atoms with Crippen LogP contribution in [0.15, 0.2) is 42.5 Å². The van der Waals surface area contributed by atoms with Crippen molar-refractivity contribution >= 4 is 5.76 Å². The van der Waals surface area contributed by atoms with Crippen molar-refractivity contribution in [2.24, 2.45) is 0 Å². The van der Waals surface area contributed by atoms with Gasteiger partial charge in [-0.05, 0) is 17.7 Å². The first-order valence-corrected chi connectivity index (χ1v) is 13.0. The Bertz CT molecular complexity index is 1260. The second-order valence-corrected chi connectivity index (χ2v) is 10.1. The molecule has 0 saturated carbocycles. The number of ether oxygens (including phenoxy) is 5. The van der Waals surface area contributed by atoms with E-state index in [1.165, 1.54) is 24.3 Å². The summed E-state index contributed by atoms with van der Waals surface area (Å²) in [5.41, 5.74) is 0.483. The van der Waals surface area contributed by atoms with Crippen LogP contribution in [-0.4, -0.2) is 126 Å². The summed E-state index contributed by atoms with van der Waals surface area (Å²) in [6, 6.07) is 8.34. The highest BCUT2D eigenvalue weighted by Gasteiger charge is 2.47. The molecule has 3 aliphatic heterocycles. The molecule has 0 radical (unpaired) electrons. The lowest BCUT2D eigenvalue weighted by molar-refractivity contribution is -0.284. The predicted octanol–water partition coefficient (Wildman–Crippen LogP) is -2.43. The monoisotopic (exact) mass is 596 g/mol. The van der Waals surface area contributed by atoms with Crippen molar-refractivity contribution in [3.8, 4) is 23.0 Å². The Balaban J connectivity index is 1.48. The van der Waals surface area contributed by atoms with Crippen LogP contribution in [0.25, 0.3) is 5.76 Å². The zero-order valence-electron chi connectivity index (χ0n) is 21.8. The van der Waals surface area contributed by atoms with Crippen molar-refractivity contribution in [2.45, 2.75) is 67.5 Å². The molecule has 2 aromatic rings. The summed E-state index contributed by atoms with van der Waals surface area (Å²) in [6.45, 7) is -1.37. The predicted molar refractivity (Wildman–Crippen MR) is 137 cm³/mol. The van der Waals surface area contributed by atoms with E-state index in [2.05, 4.69) is 0 Å². The minimum absolute atomic E-state index is 0.00964. The van der Waals surface area contributed by atoms with E-state index in [9.17, 15) is 51.1 Å². The lowest BCUT2D eigenvalue weighted by Crippen LogP contribution is -2.60. The van der Waals surface area contributed by atoms with Crippen molar-refractivity contribution in [2.75, 3.05) is 13.2 Å². The van der Waals surface area contributed by atoms with Crippen LogP contribution in [0, 0.1) is 0 Å². The molecule has 0 bridgehead atoms. The molecule has 0 spiro atoms. The minimum Gasteiger partial charge on any atom is -0.508 e. The Morgan fingerprint density at radius 2 is 1.21 bits per heavy atom. The van der Waals surface area contributed by atoms with E-state index < -0.39 is 86.5 Å². The van der Waals surface area contributed by atoms with Crippen LogP contribution in [0.5, 0.6) is 23.0 Å². The average Bonchev–Trinajstić information content (AvgIpc) is 2.97. The smallest absolute Gasteiger partial charge is 0.229 e. The quantitative estimate of drug-likeness (QED) is 0.160. The Kier molecular flexibility index (Phi) is 8.77. The van der Waals surface area contributed by atoms with Crippen molar-refractivity contribution in [3.05, 3.63) is 53.6 Å². The van der Waals surface area contributed by atoms with Gasteiger partial charge in [-0.2, -0.15) is 0 Å². The van der Waals surface area contributed by atoms with Gasteiger partial charge in [-0.25, -0.2) is 0 Å². The molecule has 11 atom stereocenters. The summed E-state index contributed by atoms with van der Waals surface area (Å²) in [7, 11) is 0. The first-order valence-electron chi connectivity index (χ1n) is 13.0. The molecule has 0 aliphatic carbocycles. The molecular formula is C27H32O15. The number of phenolic OH excluding ortho intramolecular Hbond substituents is 2. The van der Waals surface area contributed by atoms with Crippen LogP contribution in [0.2, 0.25) is 0 Å². The molecule has 5 rings (SSSR count). The summed E-state index contributed by atoms with van der Waals surface area (Å²) in [4.78, 5) is 0. The van der Waals surface area contributed by atoms with Crippen LogP contribution in [0.4, 0.5) is 0 Å². The van der Waals surface area contributed by atoms with Crippen molar-refractivity contribution < 1.29 is 74.7 Å². The number of phenols is 2. The zero-order valence-corrected chi connectivity index (χ0v) is 21.8. The molecule has 0 aromatic heterocycles. The van der Waals surface area contributed by atoms with Gasteiger partial charge < -0.3 is 74.7 Å². The molecular weight excluding hydrogens is 564 g/mol. The molecule has 230 valence electrons. The standard InChI is InChI=1S/C27H32O15/c28-8-17-20(32)22(34)24(36)26(41-17)38-12-5-13(31)19-15(6-12)39-14(10-1-3-11(30)4-2-10)7-16(19)40-27-25(37)23(35)21(33)18(9-29)42-27/h1-7,14,17-18,20-37H,8-9H2/t14?,17-,18-,20-,21-,22+,23+,24-,25-,26?,27?/m1/s1. The highest BCUT2D eigenvalue weighted by Crippen LogP contribution is 2.46. The van der Waals surface area contributed by atoms with E-state index in [0.29, 0.717) is 5.56 Å². The lowest BCUT2D eigenvalue weighted by atomic mass is 9.98. The largest absolute Gasteiger partial charge is 0.508 e. The Labute approximate surface area is 238 Å². The van der Waals surface area contributed by atoms with Crippen LogP contribution >= 0.6 is 0 Å². The van der Waals surface area contributed by atoms with Gasteiger partial charge in [-0.15, -0.1) is 0 Å². The van der Waals surface area contributed by atoms with Crippen molar-refractivity contribution in [1.82, 2.24) is 0 Å². The second kappa shape index (κ2) is 12.2. The van der Waals surface area contributed by atoms with Gasteiger partial charge in [0.15, 0.2) is 0 Å². The number of rotatable bonds is 7. The molecule has 0 amide bonds. The molecule has 3 unspecified atom stereocenters. The van der Waals surface area contributed by atoms with E-state index >= 15 is 0 Å². The Morgan fingerprint density at radius 1 is 0.667 bits per heavy atom. The number of aliphatic hydroxyl groups is 8. The first-order chi connectivity index (χ1) is 20.0. The fourth-order valence-corrected chi connectivity index (χ4v) is 4.89. The maximum absolute atomic E-state index is 11.0. The maximum atomic E-state index is 11.0. The first kappa shape index (κ1) is 30.2. The van der Waals surface area contributed by atoms with Gasteiger partial charge in [-0.3, -0.25) is 0 Å². The normalized spacial score (nSPS) is 36.4. The number of benzene rings is 2. The van der Waals surface area contributed by atoms with Crippen molar-refractivity contribution in [3.63, 3.8) is 0 Å². The third-order valence-electron chi connectivity index (χ3n) is 7.27. The van der Waals surface area contributed by atoms with E-state index in [1.54, 1.807) is 12.1 Å². The minimum atomic E-state index is -1.75. The molecule has 3 heterocycles. The molecule has 15 nitrogen and oxygen atoms in total. The number of aromatic hydroxyl groups is 2. The van der Waals surface area contributed by atoms with Crippen LogP contribution < -0.4 is 9.47 Å². The summed E-state index contributed by atoms with van der Waals surface area (Å²) in [5, 5.41) is 101. The molecule has 2 fully saturated rings. The van der Waals surface area contributed by atoms with E-state index in [1.807, 2.05) is 0 Å². The van der Waals surface area contributed by atoms with Gasteiger partial charge in [0.25, 0.3) is 0 Å². The third kappa shape index (κ3) is 5.71. The lowest BCUT2D eigenvalue weighted by Gasteiger charge is -2.40. The van der Waals surface area contributed by atoms with Crippen LogP contribution in [-0.2, 0) is 14.2 Å². The molecule has 3 aliphatic rings. The SMILES string of the molecule is OC[C@H]1OC(OC2=CC(c3ccc(O)cc3)Oc3cc(OC4O[C@H](CO)[C@@H](O)[C@H](O)[C@H]4O)cc(O)c32)[C@H](O)[C@@H](O)[C@@H]1O. The number of hydrogen-bond donors (Lipinski definition) is 10. The Hall–Kier alpha value is -3.22. The van der Waals surface area contributed by atoms with Gasteiger partial charge in [0, 0.05) is 18.2 Å². The Morgan fingerprint density at radius 3 is 1.76 bits per heavy atom. The third-order valence-corrected chi connectivity index (χ3v) is 7.27. The number of hydrogen-bond acceptors (Lipinski definition) is 15. The van der Waals surface area contributed by atoms with Gasteiger partial charge in [0.1, 0.15) is 89.3 Å². The van der Waals surface area contributed by atoms with Crippen molar-refractivity contribution in [1.29, 1.82) is 0 Å². The van der Waals surface area contributed by atoms with Gasteiger partial charge in [0.2, 0.25) is 12.6 Å². The van der Waals surface area contributed by atoms with E-state index in [4.69, 9.17) is 23.7 Å². The summed E-state index contributed by atoms with van der Waals surface area (Å²) in [6.07, 6.45) is -15.3. The summed E-state index contributed by atoms with van der Waals surface area (Å²) < 4.78 is 28.4. The molecule has 15 heteroatoms. The van der Waals surface area contributed by atoms with E-state index in [-0.39, 0.29) is 28.6 Å². The average molecular weight is 597 g/mol. The van der Waals surface area contributed by atoms with E-state index in [0.717, 1.165) is 6.07 Å². The number of fused-ring (bicyclic) bond motifs is 1. The van der Waals surface area contributed by atoms with Gasteiger partial charge >= 0.3 is 0 Å². The highest BCUT2D eigenvalue weighted by molar-refractivity contribution is 5.75. The fraction of sp³-hybridized carbons (Fsp3) is 0.481.